The van der Waals surface area contributed by atoms with E-state index in [1.165, 1.54) is 6.42 Å². The van der Waals surface area contributed by atoms with Gasteiger partial charge in [-0.05, 0) is 62.5 Å². The first-order chi connectivity index (χ1) is 10.7. The predicted octanol–water partition coefficient (Wildman–Crippen LogP) is 2.14. The van der Waals surface area contributed by atoms with E-state index in [0.29, 0.717) is 18.8 Å². The van der Waals surface area contributed by atoms with E-state index >= 15 is 0 Å². The number of nitrogens with zero attached hydrogens (tertiary/aromatic N) is 1. The molecular formula is C17H23N3O2. The van der Waals surface area contributed by atoms with Crippen LogP contribution in [-0.4, -0.2) is 31.4 Å². The lowest BCUT2D eigenvalue weighted by Gasteiger charge is -2.16. The SMILES string of the molecule is O=C(CCC1CCNC1)Nc1ccc(N2CCCC2=O)cc1. The third-order valence-electron chi connectivity index (χ3n) is 4.48. The zero-order chi connectivity index (χ0) is 15.4. The Balaban J connectivity index is 1.49. The van der Waals surface area contributed by atoms with E-state index < -0.39 is 0 Å². The van der Waals surface area contributed by atoms with Crippen molar-refractivity contribution in [2.45, 2.75) is 32.1 Å². The molecule has 22 heavy (non-hydrogen) atoms. The molecule has 0 aliphatic carbocycles. The van der Waals surface area contributed by atoms with E-state index in [1.807, 2.05) is 24.3 Å². The lowest BCUT2D eigenvalue weighted by atomic mass is 10.0. The molecule has 1 aromatic carbocycles. The quantitative estimate of drug-likeness (QED) is 0.876. The molecule has 0 radical (unpaired) electrons. The molecule has 0 saturated carbocycles. The van der Waals surface area contributed by atoms with Crippen LogP contribution in [-0.2, 0) is 9.59 Å². The van der Waals surface area contributed by atoms with Gasteiger partial charge in [0.25, 0.3) is 0 Å². The Morgan fingerprint density at radius 3 is 2.77 bits per heavy atom. The highest BCUT2D eigenvalue weighted by Crippen LogP contribution is 2.23. The molecular weight excluding hydrogens is 278 g/mol. The van der Waals surface area contributed by atoms with Crippen LogP contribution < -0.4 is 15.5 Å². The van der Waals surface area contributed by atoms with Crippen LogP contribution in [0.15, 0.2) is 24.3 Å². The molecule has 118 valence electrons. The number of hydrogen-bond donors (Lipinski definition) is 2. The molecule has 2 fully saturated rings. The minimum Gasteiger partial charge on any atom is -0.326 e. The van der Waals surface area contributed by atoms with Gasteiger partial charge in [0.05, 0.1) is 0 Å². The molecule has 2 saturated heterocycles. The molecule has 2 aliphatic rings. The Labute approximate surface area is 131 Å². The minimum absolute atomic E-state index is 0.0666. The van der Waals surface area contributed by atoms with Gasteiger partial charge in [0.1, 0.15) is 0 Å². The summed E-state index contributed by atoms with van der Waals surface area (Å²) in [7, 11) is 0. The van der Waals surface area contributed by atoms with Crippen molar-refractivity contribution in [2.75, 3.05) is 29.9 Å². The molecule has 0 spiro atoms. The molecule has 0 aromatic heterocycles. The molecule has 5 heteroatoms. The summed E-state index contributed by atoms with van der Waals surface area (Å²) in [6.45, 7) is 2.90. The number of amides is 2. The number of hydrogen-bond acceptors (Lipinski definition) is 3. The van der Waals surface area contributed by atoms with Crippen molar-refractivity contribution in [1.82, 2.24) is 5.32 Å². The van der Waals surface area contributed by atoms with Crippen LogP contribution in [0.25, 0.3) is 0 Å². The number of carbonyl (C=O) groups is 2. The fraction of sp³-hybridized carbons (Fsp3) is 0.529. The third-order valence-corrected chi connectivity index (χ3v) is 4.48. The maximum absolute atomic E-state index is 12.0. The van der Waals surface area contributed by atoms with Gasteiger partial charge < -0.3 is 15.5 Å². The third kappa shape index (κ3) is 3.65. The molecule has 3 rings (SSSR count). The smallest absolute Gasteiger partial charge is 0.227 e. The van der Waals surface area contributed by atoms with Crippen LogP contribution in [0.4, 0.5) is 11.4 Å². The summed E-state index contributed by atoms with van der Waals surface area (Å²) >= 11 is 0. The first-order valence-electron chi connectivity index (χ1n) is 8.13. The van der Waals surface area contributed by atoms with Crippen molar-refractivity contribution in [3.63, 3.8) is 0 Å². The molecule has 1 unspecified atom stereocenters. The summed E-state index contributed by atoms with van der Waals surface area (Å²) < 4.78 is 0. The van der Waals surface area contributed by atoms with Gasteiger partial charge in [-0.15, -0.1) is 0 Å². The van der Waals surface area contributed by atoms with Gasteiger partial charge in [-0.1, -0.05) is 0 Å². The van der Waals surface area contributed by atoms with Crippen LogP contribution in [0.2, 0.25) is 0 Å². The fourth-order valence-electron chi connectivity index (χ4n) is 3.17. The first kappa shape index (κ1) is 15.0. The number of anilines is 2. The van der Waals surface area contributed by atoms with Crippen molar-refractivity contribution in [1.29, 1.82) is 0 Å². The van der Waals surface area contributed by atoms with E-state index in [4.69, 9.17) is 0 Å². The standard InChI is InChI=1S/C17H23N3O2/c21-16(8-3-13-9-10-18-12-13)19-14-4-6-15(7-5-14)20-11-1-2-17(20)22/h4-7,13,18H,1-3,8-12H2,(H,19,21). The molecule has 5 nitrogen and oxygen atoms in total. The van der Waals surface area contributed by atoms with Gasteiger partial charge in [0, 0.05) is 30.8 Å². The van der Waals surface area contributed by atoms with E-state index in [2.05, 4.69) is 10.6 Å². The highest BCUT2D eigenvalue weighted by molar-refractivity contribution is 5.96. The van der Waals surface area contributed by atoms with E-state index in [-0.39, 0.29) is 11.8 Å². The van der Waals surface area contributed by atoms with E-state index in [9.17, 15) is 9.59 Å². The Morgan fingerprint density at radius 1 is 1.32 bits per heavy atom. The van der Waals surface area contributed by atoms with Crippen molar-refractivity contribution >= 4 is 23.2 Å². The molecule has 2 aliphatic heterocycles. The number of carbonyl (C=O) groups excluding carboxylic acids is 2. The second kappa shape index (κ2) is 6.92. The Bertz CT molecular complexity index is 535. The van der Waals surface area contributed by atoms with Gasteiger partial charge >= 0.3 is 0 Å². The maximum Gasteiger partial charge on any atom is 0.227 e. The molecule has 0 bridgehead atoms. The van der Waals surface area contributed by atoms with Crippen LogP contribution in [0, 0.1) is 5.92 Å². The average Bonchev–Trinajstić information content (AvgIpc) is 3.17. The zero-order valence-electron chi connectivity index (χ0n) is 12.8. The van der Waals surface area contributed by atoms with Crippen LogP contribution >= 0.6 is 0 Å². The van der Waals surface area contributed by atoms with Gasteiger partial charge in [-0.25, -0.2) is 0 Å². The van der Waals surface area contributed by atoms with Crippen LogP contribution in [0.5, 0.6) is 0 Å². The van der Waals surface area contributed by atoms with E-state index in [1.54, 1.807) is 4.90 Å². The minimum atomic E-state index is 0.0666. The topological polar surface area (TPSA) is 61.4 Å². The summed E-state index contributed by atoms with van der Waals surface area (Å²) in [6, 6.07) is 7.55. The average molecular weight is 301 g/mol. The second-order valence-electron chi connectivity index (χ2n) is 6.14. The molecule has 2 heterocycles. The van der Waals surface area contributed by atoms with Crippen molar-refractivity contribution < 1.29 is 9.59 Å². The molecule has 2 amide bonds. The lowest BCUT2D eigenvalue weighted by Crippen LogP contribution is -2.23. The summed E-state index contributed by atoms with van der Waals surface area (Å²) in [4.78, 5) is 25.5. The highest BCUT2D eigenvalue weighted by Gasteiger charge is 2.21. The lowest BCUT2D eigenvalue weighted by molar-refractivity contribution is -0.117. The number of benzene rings is 1. The molecule has 2 N–H and O–H groups in total. The van der Waals surface area contributed by atoms with Crippen LogP contribution in [0.1, 0.15) is 32.1 Å². The monoisotopic (exact) mass is 301 g/mol. The first-order valence-corrected chi connectivity index (χ1v) is 8.13. The number of rotatable bonds is 5. The summed E-state index contributed by atoms with van der Waals surface area (Å²) in [5, 5.41) is 6.25. The Morgan fingerprint density at radius 2 is 2.14 bits per heavy atom. The van der Waals surface area contributed by atoms with Crippen molar-refractivity contribution in [3.8, 4) is 0 Å². The van der Waals surface area contributed by atoms with Gasteiger partial charge in [0.15, 0.2) is 0 Å². The van der Waals surface area contributed by atoms with Gasteiger partial charge in [-0.2, -0.15) is 0 Å². The zero-order valence-corrected chi connectivity index (χ0v) is 12.8. The summed E-state index contributed by atoms with van der Waals surface area (Å²) in [5.74, 6) is 0.883. The Hall–Kier alpha value is -1.88. The fourth-order valence-corrected chi connectivity index (χ4v) is 3.17. The maximum atomic E-state index is 12.0. The second-order valence-corrected chi connectivity index (χ2v) is 6.14. The molecule has 1 atom stereocenters. The normalized spacial score (nSPS) is 21.4. The van der Waals surface area contributed by atoms with E-state index in [0.717, 1.165) is 43.9 Å². The van der Waals surface area contributed by atoms with Crippen molar-refractivity contribution in [2.24, 2.45) is 5.92 Å². The Kier molecular flexibility index (Phi) is 4.73. The largest absolute Gasteiger partial charge is 0.326 e. The predicted molar refractivity (Wildman–Crippen MR) is 86.9 cm³/mol. The van der Waals surface area contributed by atoms with Gasteiger partial charge in [-0.3, -0.25) is 9.59 Å². The molecule has 1 aromatic rings. The van der Waals surface area contributed by atoms with Gasteiger partial charge in [0.2, 0.25) is 11.8 Å². The van der Waals surface area contributed by atoms with Crippen LogP contribution in [0.3, 0.4) is 0 Å². The number of nitrogens with one attached hydrogen (secondary N) is 2. The summed E-state index contributed by atoms with van der Waals surface area (Å²) in [5.41, 5.74) is 1.71. The highest BCUT2D eigenvalue weighted by atomic mass is 16.2. The van der Waals surface area contributed by atoms with Crippen molar-refractivity contribution in [3.05, 3.63) is 24.3 Å². The summed E-state index contributed by atoms with van der Waals surface area (Å²) in [6.07, 6.45) is 4.24.